The van der Waals surface area contributed by atoms with Crippen LogP contribution in [0.15, 0.2) is 53.4 Å². The standard InChI is InChI=1S/C15H16FNOS/c16-14-7-1-2-8-15(14)19-10-4-9-18-13-6-3-5-12(17)11-13/h1-3,5-8,11H,4,9-10,17H2. The maximum atomic E-state index is 13.3. The van der Waals surface area contributed by atoms with Crippen molar-refractivity contribution in [2.75, 3.05) is 18.1 Å². The number of nitrogens with two attached hydrogens (primary N) is 1. The van der Waals surface area contributed by atoms with Crippen molar-refractivity contribution < 1.29 is 9.13 Å². The van der Waals surface area contributed by atoms with Gasteiger partial charge < -0.3 is 10.5 Å². The Labute approximate surface area is 116 Å². The van der Waals surface area contributed by atoms with Gasteiger partial charge in [0, 0.05) is 22.4 Å². The van der Waals surface area contributed by atoms with Crippen molar-refractivity contribution in [3.63, 3.8) is 0 Å². The maximum Gasteiger partial charge on any atom is 0.136 e. The average Bonchev–Trinajstić information content (AvgIpc) is 2.40. The lowest BCUT2D eigenvalue weighted by Crippen LogP contribution is -1.99. The summed E-state index contributed by atoms with van der Waals surface area (Å²) < 4.78 is 18.9. The Morgan fingerprint density at radius 3 is 2.74 bits per heavy atom. The molecule has 0 aliphatic rings. The molecule has 0 saturated carbocycles. The van der Waals surface area contributed by atoms with Crippen LogP contribution < -0.4 is 10.5 Å². The molecule has 0 aliphatic carbocycles. The Balaban J connectivity index is 1.69. The highest BCUT2D eigenvalue weighted by molar-refractivity contribution is 7.99. The second-order valence-electron chi connectivity index (χ2n) is 4.05. The van der Waals surface area contributed by atoms with Crippen molar-refractivity contribution >= 4 is 17.4 Å². The van der Waals surface area contributed by atoms with E-state index in [4.69, 9.17) is 10.5 Å². The number of hydrogen-bond acceptors (Lipinski definition) is 3. The van der Waals surface area contributed by atoms with E-state index in [-0.39, 0.29) is 5.82 Å². The van der Waals surface area contributed by atoms with Crippen molar-refractivity contribution in [3.05, 3.63) is 54.3 Å². The molecule has 0 heterocycles. The van der Waals surface area contributed by atoms with Gasteiger partial charge in [-0.15, -0.1) is 11.8 Å². The Bertz CT molecular complexity index is 533. The molecule has 2 aromatic rings. The largest absolute Gasteiger partial charge is 0.493 e. The van der Waals surface area contributed by atoms with Gasteiger partial charge in [0.05, 0.1) is 6.61 Å². The van der Waals surface area contributed by atoms with E-state index in [9.17, 15) is 4.39 Å². The summed E-state index contributed by atoms with van der Waals surface area (Å²) in [4.78, 5) is 0.687. The number of nitrogen functional groups attached to an aromatic ring is 1. The minimum Gasteiger partial charge on any atom is -0.493 e. The molecule has 0 aromatic heterocycles. The van der Waals surface area contributed by atoms with Crippen molar-refractivity contribution in [1.82, 2.24) is 0 Å². The van der Waals surface area contributed by atoms with E-state index >= 15 is 0 Å². The Morgan fingerprint density at radius 2 is 1.95 bits per heavy atom. The molecule has 2 nitrogen and oxygen atoms in total. The summed E-state index contributed by atoms with van der Waals surface area (Å²) >= 11 is 1.51. The number of thioether (sulfide) groups is 1. The monoisotopic (exact) mass is 277 g/mol. The summed E-state index contributed by atoms with van der Waals surface area (Å²) in [5.74, 6) is 1.43. The molecule has 0 bridgehead atoms. The lowest BCUT2D eigenvalue weighted by Gasteiger charge is -2.07. The van der Waals surface area contributed by atoms with Crippen LogP contribution in [0.1, 0.15) is 6.42 Å². The molecule has 0 spiro atoms. The summed E-state index contributed by atoms with van der Waals surface area (Å²) in [5, 5.41) is 0. The minimum atomic E-state index is -0.163. The van der Waals surface area contributed by atoms with E-state index in [1.807, 2.05) is 24.3 Å². The Hall–Kier alpha value is -1.68. The average molecular weight is 277 g/mol. The third kappa shape index (κ3) is 4.48. The molecule has 4 heteroatoms. The number of halogens is 1. The van der Waals surface area contributed by atoms with E-state index in [1.54, 1.807) is 18.2 Å². The minimum absolute atomic E-state index is 0.163. The van der Waals surface area contributed by atoms with Crippen LogP contribution in [0.5, 0.6) is 5.75 Å². The predicted octanol–water partition coefficient (Wildman–Crippen LogP) is 3.97. The maximum absolute atomic E-state index is 13.3. The van der Waals surface area contributed by atoms with E-state index in [0.717, 1.165) is 17.9 Å². The zero-order valence-electron chi connectivity index (χ0n) is 10.5. The van der Waals surface area contributed by atoms with Crippen LogP contribution in [0.4, 0.5) is 10.1 Å². The second kappa shape index (κ2) is 7.04. The smallest absolute Gasteiger partial charge is 0.136 e. The fourth-order valence-corrected chi connectivity index (χ4v) is 2.46. The molecule has 0 unspecified atom stereocenters. The lowest BCUT2D eigenvalue weighted by atomic mass is 10.3. The van der Waals surface area contributed by atoms with E-state index in [2.05, 4.69) is 0 Å². The topological polar surface area (TPSA) is 35.2 Å². The molecule has 2 N–H and O–H groups in total. The summed E-state index contributed by atoms with van der Waals surface area (Å²) in [6.07, 6.45) is 0.855. The first-order valence-corrected chi connectivity index (χ1v) is 7.10. The molecular formula is C15H16FNOS. The highest BCUT2D eigenvalue weighted by atomic mass is 32.2. The number of ether oxygens (including phenoxy) is 1. The van der Waals surface area contributed by atoms with Crippen LogP contribution in [-0.2, 0) is 0 Å². The van der Waals surface area contributed by atoms with Gasteiger partial charge in [-0.2, -0.15) is 0 Å². The van der Waals surface area contributed by atoms with Gasteiger partial charge in [-0.25, -0.2) is 4.39 Å². The highest BCUT2D eigenvalue weighted by Gasteiger charge is 2.01. The van der Waals surface area contributed by atoms with Gasteiger partial charge in [0.2, 0.25) is 0 Å². The molecular weight excluding hydrogens is 261 g/mol. The zero-order valence-corrected chi connectivity index (χ0v) is 11.3. The van der Waals surface area contributed by atoms with Gasteiger partial charge in [-0.05, 0) is 30.7 Å². The Morgan fingerprint density at radius 1 is 1.11 bits per heavy atom. The van der Waals surface area contributed by atoms with Crippen LogP contribution >= 0.6 is 11.8 Å². The molecule has 0 saturated heterocycles. The summed E-state index contributed by atoms with van der Waals surface area (Å²) in [6.45, 7) is 0.602. The second-order valence-corrected chi connectivity index (χ2v) is 5.19. The first-order valence-electron chi connectivity index (χ1n) is 6.11. The van der Waals surface area contributed by atoms with Gasteiger partial charge >= 0.3 is 0 Å². The fourth-order valence-electron chi connectivity index (χ4n) is 1.60. The zero-order chi connectivity index (χ0) is 13.5. The fraction of sp³-hybridized carbons (Fsp3) is 0.200. The van der Waals surface area contributed by atoms with Gasteiger partial charge in [0.1, 0.15) is 11.6 Å². The number of hydrogen-bond donors (Lipinski definition) is 1. The summed E-state index contributed by atoms with van der Waals surface area (Å²) in [6, 6.07) is 14.2. The van der Waals surface area contributed by atoms with Crippen molar-refractivity contribution in [1.29, 1.82) is 0 Å². The number of benzene rings is 2. The number of rotatable bonds is 6. The Kier molecular flexibility index (Phi) is 5.10. The molecule has 100 valence electrons. The third-order valence-electron chi connectivity index (χ3n) is 2.51. The molecule has 0 amide bonds. The first kappa shape index (κ1) is 13.7. The van der Waals surface area contributed by atoms with Gasteiger partial charge in [0.25, 0.3) is 0 Å². The van der Waals surface area contributed by atoms with E-state index in [0.29, 0.717) is 17.2 Å². The van der Waals surface area contributed by atoms with Gasteiger partial charge in [-0.3, -0.25) is 0 Å². The highest BCUT2D eigenvalue weighted by Crippen LogP contribution is 2.22. The van der Waals surface area contributed by atoms with E-state index in [1.165, 1.54) is 17.8 Å². The van der Waals surface area contributed by atoms with Crippen molar-refractivity contribution in [2.45, 2.75) is 11.3 Å². The first-order chi connectivity index (χ1) is 9.25. The van der Waals surface area contributed by atoms with Crippen LogP contribution in [-0.4, -0.2) is 12.4 Å². The van der Waals surface area contributed by atoms with Gasteiger partial charge in [-0.1, -0.05) is 18.2 Å². The normalized spacial score (nSPS) is 10.4. The predicted molar refractivity (Wildman–Crippen MR) is 78.1 cm³/mol. The van der Waals surface area contributed by atoms with E-state index < -0.39 is 0 Å². The molecule has 2 aromatic carbocycles. The molecule has 0 aliphatic heterocycles. The van der Waals surface area contributed by atoms with Gasteiger partial charge in [0.15, 0.2) is 0 Å². The molecule has 0 radical (unpaired) electrons. The molecule has 19 heavy (non-hydrogen) atoms. The quantitative estimate of drug-likeness (QED) is 0.493. The third-order valence-corrected chi connectivity index (χ3v) is 3.64. The molecule has 0 atom stereocenters. The van der Waals surface area contributed by atoms with Crippen LogP contribution in [0.2, 0.25) is 0 Å². The lowest BCUT2D eigenvalue weighted by molar-refractivity contribution is 0.319. The van der Waals surface area contributed by atoms with Crippen LogP contribution in [0, 0.1) is 5.82 Å². The van der Waals surface area contributed by atoms with Crippen molar-refractivity contribution in [2.24, 2.45) is 0 Å². The van der Waals surface area contributed by atoms with Crippen LogP contribution in [0.25, 0.3) is 0 Å². The summed E-state index contributed by atoms with van der Waals surface area (Å²) in [5.41, 5.74) is 6.35. The molecule has 0 fully saturated rings. The summed E-state index contributed by atoms with van der Waals surface area (Å²) in [7, 11) is 0. The van der Waals surface area contributed by atoms with Crippen molar-refractivity contribution in [3.8, 4) is 5.75 Å². The number of anilines is 1. The SMILES string of the molecule is Nc1cccc(OCCCSc2ccccc2F)c1. The van der Waals surface area contributed by atoms with Crippen LogP contribution in [0.3, 0.4) is 0 Å². The molecule has 2 rings (SSSR count).